The highest BCUT2D eigenvalue weighted by Crippen LogP contribution is 2.28. The molecular formula is C28H34FN3O4S. The number of aromatic nitrogens is 2. The molecule has 3 rings (SSSR count). The first kappa shape index (κ1) is 28.2. The van der Waals surface area contributed by atoms with Crippen LogP contribution >= 0.6 is 12.6 Å². The van der Waals surface area contributed by atoms with Gasteiger partial charge in [-0.2, -0.15) is 17.6 Å². The molecule has 0 bridgehead atoms. The Morgan fingerprint density at radius 2 is 1.92 bits per heavy atom. The van der Waals surface area contributed by atoms with Gasteiger partial charge in [-0.05, 0) is 42.5 Å². The van der Waals surface area contributed by atoms with E-state index in [2.05, 4.69) is 22.9 Å². The number of carbonyl (C=O) groups excluding carboxylic acids is 1. The molecule has 37 heavy (non-hydrogen) atoms. The highest BCUT2D eigenvalue weighted by Gasteiger charge is 2.23. The first-order chi connectivity index (χ1) is 17.7. The summed E-state index contributed by atoms with van der Waals surface area (Å²) in [6.07, 6.45) is 1.45. The molecular weight excluding hydrogens is 493 g/mol. The van der Waals surface area contributed by atoms with Crippen LogP contribution in [0.5, 0.6) is 6.01 Å². The van der Waals surface area contributed by atoms with Gasteiger partial charge in [0.05, 0.1) is 41.9 Å². The molecule has 0 fully saturated rings. The number of amides is 1. The first-order valence-electron chi connectivity index (χ1n) is 12.5. The number of nitrogens with one attached hydrogen (secondary N) is 1. The predicted molar refractivity (Wildman–Crippen MR) is 145 cm³/mol. The van der Waals surface area contributed by atoms with Gasteiger partial charge in [-0.25, -0.2) is 9.18 Å². The normalized spacial score (nSPS) is 12.7. The van der Waals surface area contributed by atoms with Crippen LogP contribution in [0.3, 0.4) is 0 Å². The molecule has 2 aromatic carbocycles. The minimum atomic E-state index is -1.07. The molecule has 1 amide bonds. The number of hydrogen-bond acceptors (Lipinski definition) is 5. The average Bonchev–Trinajstić information content (AvgIpc) is 3.23. The van der Waals surface area contributed by atoms with Crippen molar-refractivity contribution < 1.29 is 23.8 Å². The second-order valence-electron chi connectivity index (χ2n) is 8.87. The Kier molecular flexibility index (Phi) is 9.74. The van der Waals surface area contributed by atoms with E-state index in [1.165, 1.54) is 12.1 Å². The maximum absolute atomic E-state index is 15.3. The van der Waals surface area contributed by atoms with E-state index in [1.54, 1.807) is 34.9 Å². The third-order valence-corrected chi connectivity index (χ3v) is 7.20. The molecule has 0 saturated heterocycles. The Balaban J connectivity index is 1.94. The number of benzene rings is 2. The van der Waals surface area contributed by atoms with Gasteiger partial charge in [0.2, 0.25) is 5.91 Å². The Morgan fingerprint density at radius 3 is 2.54 bits per heavy atom. The van der Waals surface area contributed by atoms with Gasteiger partial charge < -0.3 is 15.2 Å². The zero-order valence-electron chi connectivity index (χ0n) is 21.6. The molecule has 0 aliphatic rings. The Hall–Kier alpha value is -3.33. The van der Waals surface area contributed by atoms with E-state index in [9.17, 15) is 14.7 Å². The number of ether oxygens (including phenoxy) is 1. The molecule has 0 radical (unpaired) electrons. The van der Waals surface area contributed by atoms with Crippen LogP contribution in [0.15, 0.2) is 42.5 Å². The number of hydrogen-bond donors (Lipinski definition) is 3. The summed E-state index contributed by atoms with van der Waals surface area (Å²) in [5.74, 6) is -1.60. The van der Waals surface area contributed by atoms with Gasteiger partial charge in [-0.15, -0.1) is 0 Å². The number of carboxylic acid groups (broad SMARTS) is 1. The highest BCUT2D eigenvalue weighted by molar-refractivity contribution is 7.81. The van der Waals surface area contributed by atoms with E-state index in [4.69, 9.17) is 4.74 Å². The number of imidazole rings is 1. The number of aryl methyl sites for hydroxylation is 1. The van der Waals surface area contributed by atoms with Gasteiger partial charge >= 0.3 is 5.97 Å². The van der Waals surface area contributed by atoms with Crippen molar-refractivity contribution in [3.05, 3.63) is 70.8 Å². The summed E-state index contributed by atoms with van der Waals surface area (Å²) in [6, 6.07) is 11.5. The molecule has 9 heteroatoms. The number of aromatic carboxylic acids is 1. The van der Waals surface area contributed by atoms with Crippen LogP contribution in [0.1, 0.15) is 61.4 Å². The van der Waals surface area contributed by atoms with Crippen molar-refractivity contribution in [2.45, 2.75) is 58.9 Å². The van der Waals surface area contributed by atoms with Gasteiger partial charge in [-0.1, -0.05) is 57.5 Å². The first-order valence-corrected chi connectivity index (χ1v) is 13.0. The summed E-state index contributed by atoms with van der Waals surface area (Å²) in [6.45, 7) is 8.53. The topological polar surface area (TPSA) is 93.5 Å². The number of thiol groups is 1. The number of carbonyl (C=O) groups is 2. The summed E-state index contributed by atoms with van der Waals surface area (Å²) < 4.78 is 22.9. The van der Waals surface area contributed by atoms with E-state index < -0.39 is 17.0 Å². The van der Waals surface area contributed by atoms with Gasteiger partial charge in [-0.3, -0.25) is 9.36 Å². The number of halogens is 1. The van der Waals surface area contributed by atoms with E-state index in [-0.39, 0.29) is 30.5 Å². The van der Waals surface area contributed by atoms with Crippen LogP contribution in [0.4, 0.5) is 4.39 Å². The van der Waals surface area contributed by atoms with Crippen LogP contribution in [-0.2, 0) is 24.3 Å². The fraction of sp³-hybridized carbons (Fsp3) is 0.393. The fourth-order valence-electron chi connectivity index (χ4n) is 4.09. The number of rotatable bonds is 12. The van der Waals surface area contributed by atoms with Crippen LogP contribution in [0.25, 0.3) is 11.1 Å². The third-order valence-electron chi connectivity index (χ3n) is 6.46. The van der Waals surface area contributed by atoms with E-state index in [0.29, 0.717) is 35.7 Å². The highest BCUT2D eigenvalue weighted by atomic mass is 32.1. The zero-order chi connectivity index (χ0) is 27.1. The van der Waals surface area contributed by atoms with E-state index >= 15 is 4.39 Å². The summed E-state index contributed by atoms with van der Waals surface area (Å²) in [5.41, 5.74) is 2.91. The molecule has 3 aromatic rings. The lowest BCUT2D eigenvalue weighted by Crippen LogP contribution is -2.35. The van der Waals surface area contributed by atoms with Crippen LogP contribution in [-0.4, -0.2) is 38.4 Å². The second-order valence-corrected chi connectivity index (χ2v) is 9.42. The lowest BCUT2D eigenvalue weighted by atomic mass is 9.98. The van der Waals surface area contributed by atoms with Crippen LogP contribution < -0.4 is 10.1 Å². The van der Waals surface area contributed by atoms with Crippen LogP contribution in [0.2, 0.25) is 0 Å². The third kappa shape index (κ3) is 6.52. The average molecular weight is 528 g/mol. The van der Waals surface area contributed by atoms with Crippen molar-refractivity contribution in [2.75, 3.05) is 6.61 Å². The Labute approximate surface area is 222 Å². The molecule has 2 atom stereocenters. The predicted octanol–water partition coefficient (Wildman–Crippen LogP) is 5.36. The molecule has 0 saturated carbocycles. The van der Waals surface area contributed by atoms with Gasteiger partial charge in [0, 0.05) is 5.56 Å². The van der Waals surface area contributed by atoms with Crippen molar-refractivity contribution in [2.24, 2.45) is 5.92 Å². The molecule has 1 heterocycles. The van der Waals surface area contributed by atoms with Crippen molar-refractivity contribution in [1.82, 2.24) is 14.9 Å². The molecule has 1 aromatic heterocycles. The van der Waals surface area contributed by atoms with Crippen molar-refractivity contribution in [3.63, 3.8) is 0 Å². The van der Waals surface area contributed by atoms with Crippen LogP contribution in [0, 0.1) is 11.7 Å². The van der Waals surface area contributed by atoms with Gasteiger partial charge in [0.15, 0.2) is 0 Å². The maximum atomic E-state index is 15.3. The molecule has 0 aliphatic carbocycles. The standard InChI is InChI=1S/C28H34FN3O4S/c1-5-17(4)25(37)26(33)30-15-24-23(6-2)31-28(36-7-3)32(24)16-19-13-12-18(14-22(19)29)20-10-8-9-11-21(20)27(34)35/h8-14,17,25,37H,5-7,15-16H2,1-4H3,(H,30,33)(H,34,35)/t17-,25+/m1/s1. The molecule has 2 N–H and O–H groups in total. The van der Waals surface area contributed by atoms with Gasteiger partial charge in [0.1, 0.15) is 5.82 Å². The summed E-state index contributed by atoms with van der Waals surface area (Å²) >= 11 is 4.47. The smallest absolute Gasteiger partial charge is 0.336 e. The zero-order valence-corrected chi connectivity index (χ0v) is 22.5. The SMILES string of the molecule is CCOc1nc(CC)c(CNC(=O)[C@@H](S)[C@H](C)CC)n1Cc1ccc(-c2ccccc2C(=O)O)cc1F. The van der Waals surface area contributed by atoms with Crippen molar-refractivity contribution in [3.8, 4) is 17.1 Å². The van der Waals surface area contributed by atoms with E-state index in [0.717, 1.165) is 17.8 Å². The molecule has 0 aliphatic heterocycles. The lowest BCUT2D eigenvalue weighted by molar-refractivity contribution is -0.121. The maximum Gasteiger partial charge on any atom is 0.336 e. The quantitative estimate of drug-likeness (QED) is 0.276. The molecule has 7 nitrogen and oxygen atoms in total. The molecule has 0 spiro atoms. The lowest BCUT2D eigenvalue weighted by Gasteiger charge is -2.18. The minimum Gasteiger partial charge on any atom is -0.478 e. The summed E-state index contributed by atoms with van der Waals surface area (Å²) in [4.78, 5) is 28.9. The Morgan fingerprint density at radius 1 is 1.19 bits per heavy atom. The van der Waals surface area contributed by atoms with Crippen molar-refractivity contribution >= 4 is 24.5 Å². The second kappa shape index (κ2) is 12.8. The van der Waals surface area contributed by atoms with Gasteiger partial charge in [0.25, 0.3) is 6.01 Å². The largest absolute Gasteiger partial charge is 0.478 e. The minimum absolute atomic E-state index is 0.105. The summed E-state index contributed by atoms with van der Waals surface area (Å²) in [7, 11) is 0. The van der Waals surface area contributed by atoms with E-state index in [1.807, 2.05) is 27.7 Å². The fourth-order valence-corrected chi connectivity index (χ4v) is 4.39. The molecule has 0 unspecified atom stereocenters. The summed E-state index contributed by atoms with van der Waals surface area (Å²) in [5, 5.41) is 12.0. The monoisotopic (exact) mass is 527 g/mol. The number of carboxylic acids is 1. The Bertz CT molecular complexity index is 1260. The van der Waals surface area contributed by atoms with Crippen molar-refractivity contribution in [1.29, 1.82) is 0 Å². The number of nitrogens with zero attached hydrogens (tertiary/aromatic N) is 2. The molecule has 198 valence electrons.